The van der Waals surface area contributed by atoms with Crippen LogP contribution in [0.4, 0.5) is 0 Å². The lowest BCUT2D eigenvalue weighted by atomic mass is 9.99. The Labute approximate surface area is 130 Å². The smallest absolute Gasteiger partial charge is 0.175 e. The molecule has 1 atom stereocenters. The molecule has 0 spiro atoms. The Morgan fingerprint density at radius 3 is 2.48 bits per heavy atom. The van der Waals surface area contributed by atoms with E-state index in [9.17, 15) is 8.42 Å². The first kappa shape index (κ1) is 16.0. The monoisotopic (exact) mass is 323 g/mol. The quantitative estimate of drug-likeness (QED) is 0.918. The average molecular weight is 324 g/mol. The van der Waals surface area contributed by atoms with Gasteiger partial charge in [0.1, 0.15) is 0 Å². The standard InChI is InChI=1S/C16H18ClNO2S/c1-18-16(10-12-5-3-7-14(17)9-12)13-6-4-8-15(11-13)21(2,19)20/h3-9,11,16,18H,10H2,1-2H3. The lowest BCUT2D eigenvalue weighted by Gasteiger charge is -2.17. The van der Waals surface area contributed by atoms with Crippen molar-refractivity contribution in [1.82, 2.24) is 5.32 Å². The van der Waals surface area contributed by atoms with Gasteiger partial charge in [-0.05, 0) is 48.9 Å². The minimum absolute atomic E-state index is 0.0326. The third-order valence-corrected chi connectivity index (χ3v) is 4.71. The van der Waals surface area contributed by atoms with E-state index in [1.54, 1.807) is 18.2 Å². The summed E-state index contributed by atoms with van der Waals surface area (Å²) in [5, 5.41) is 3.93. The third kappa shape index (κ3) is 4.30. The molecule has 2 rings (SSSR count). The van der Waals surface area contributed by atoms with E-state index in [1.165, 1.54) is 6.26 Å². The van der Waals surface area contributed by atoms with Crippen molar-refractivity contribution in [3.05, 3.63) is 64.7 Å². The highest BCUT2D eigenvalue weighted by molar-refractivity contribution is 7.90. The van der Waals surface area contributed by atoms with Gasteiger partial charge in [0, 0.05) is 17.3 Å². The van der Waals surface area contributed by atoms with Crippen molar-refractivity contribution in [2.45, 2.75) is 17.4 Å². The van der Waals surface area contributed by atoms with Gasteiger partial charge in [0.25, 0.3) is 0 Å². The molecule has 0 aromatic heterocycles. The van der Waals surface area contributed by atoms with Gasteiger partial charge < -0.3 is 5.32 Å². The van der Waals surface area contributed by atoms with Crippen LogP contribution in [0.15, 0.2) is 53.4 Å². The Balaban J connectivity index is 2.29. The number of hydrogen-bond donors (Lipinski definition) is 1. The molecule has 0 radical (unpaired) electrons. The molecule has 0 aliphatic rings. The van der Waals surface area contributed by atoms with Crippen LogP contribution in [-0.2, 0) is 16.3 Å². The molecule has 112 valence electrons. The molecule has 2 aromatic carbocycles. The van der Waals surface area contributed by atoms with Crippen LogP contribution in [0.2, 0.25) is 5.02 Å². The molecular weight excluding hydrogens is 306 g/mol. The van der Waals surface area contributed by atoms with Crippen LogP contribution in [0.3, 0.4) is 0 Å². The molecule has 5 heteroatoms. The summed E-state index contributed by atoms with van der Waals surface area (Å²) in [6.45, 7) is 0. The highest BCUT2D eigenvalue weighted by Crippen LogP contribution is 2.22. The van der Waals surface area contributed by atoms with Crippen LogP contribution in [0.5, 0.6) is 0 Å². The van der Waals surface area contributed by atoms with Crippen molar-refractivity contribution in [2.24, 2.45) is 0 Å². The number of likely N-dealkylation sites (N-methyl/N-ethyl adjacent to an activating group) is 1. The van der Waals surface area contributed by atoms with E-state index in [0.29, 0.717) is 9.92 Å². The highest BCUT2D eigenvalue weighted by atomic mass is 35.5. The van der Waals surface area contributed by atoms with Crippen LogP contribution in [0, 0.1) is 0 Å². The maximum absolute atomic E-state index is 11.7. The van der Waals surface area contributed by atoms with E-state index in [0.717, 1.165) is 17.5 Å². The zero-order valence-electron chi connectivity index (χ0n) is 12.0. The van der Waals surface area contributed by atoms with Gasteiger partial charge in [-0.1, -0.05) is 35.9 Å². The van der Waals surface area contributed by atoms with Crippen LogP contribution >= 0.6 is 11.6 Å². The lowest BCUT2D eigenvalue weighted by molar-refractivity contribution is 0.587. The SMILES string of the molecule is CNC(Cc1cccc(Cl)c1)c1cccc(S(C)(=O)=O)c1. The second-order valence-corrected chi connectivity index (χ2v) is 7.47. The minimum Gasteiger partial charge on any atom is -0.313 e. The fraction of sp³-hybridized carbons (Fsp3) is 0.250. The van der Waals surface area contributed by atoms with Crippen molar-refractivity contribution in [2.75, 3.05) is 13.3 Å². The number of rotatable bonds is 5. The molecule has 3 nitrogen and oxygen atoms in total. The molecule has 1 N–H and O–H groups in total. The summed E-state index contributed by atoms with van der Waals surface area (Å²) in [7, 11) is -1.33. The number of benzene rings is 2. The fourth-order valence-electron chi connectivity index (χ4n) is 2.25. The van der Waals surface area contributed by atoms with Crippen molar-refractivity contribution in [1.29, 1.82) is 0 Å². The Bertz CT molecular complexity index is 729. The maximum atomic E-state index is 11.7. The van der Waals surface area contributed by atoms with Crippen molar-refractivity contribution < 1.29 is 8.42 Å². The molecule has 0 aliphatic carbocycles. The number of hydrogen-bond acceptors (Lipinski definition) is 3. The molecule has 0 saturated heterocycles. The van der Waals surface area contributed by atoms with Crippen LogP contribution < -0.4 is 5.32 Å². The Hall–Kier alpha value is -1.36. The van der Waals surface area contributed by atoms with E-state index >= 15 is 0 Å². The summed E-state index contributed by atoms with van der Waals surface area (Å²) < 4.78 is 23.3. The molecule has 0 aliphatic heterocycles. The first-order valence-corrected chi connectivity index (χ1v) is 8.89. The van der Waals surface area contributed by atoms with E-state index in [-0.39, 0.29) is 6.04 Å². The first-order valence-electron chi connectivity index (χ1n) is 6.62. The minimum atomic E-state index is -3.20. The zero-order valence-corrected chi connectivity index (χ0v) is 13.6. The second kappa shape index (κ2) is 6.60. The Morgan fingerprint density at radius 2 is 1.86 bits per heavy atom. The normalized spacial score (nSPS) is 13.1. The number of halogens is 1. The van der Waals surface area contributed by atoms with Gasteiger partial charge in [0.05, 0.1) is 4.90 Å². The topological polar surface area (TPSA) is 46.2 Å². The average Bonchev–Trinajstić information content (AvgIpc) is 2.44. The number of nitrogens with one attached hydrogen (secondary N) is 1. The Kier molecular flexibility index (Phi) is 5.04. The van der Waals surface area contributed by atoms with Gasteiger partial charge >= 0.3 is 0 Å². The summed E-state index contributed by atoms with van der Waals surface area (Å²) in [5.74, 6) is 0. The maximum Gasteiger partial charge on any atom is 0.175 e. The fourth-order valence-corrected chi connectivity index (χ4v) is 3.14. The molecule has 1 unspecified atom stereocenters. The molecule has 0 fully saturated rings. The largest absolute Gasteiger partial charge is 0.313 e. The van der Waals surface area contributed by atoms with Gasteiger partial charge in [-0.2, -0.15) is 0 Å². The van der Waals surface area contributed by atoms with Crippen LogP contribution in [-0.4, -0.2) is 21.7 Å². The van der Waals surface area contributed by atoms with Crippen molar-refractivity contribution >= 4 is 21.4 Å². The van der Waals surface area contributed by atoms with Gasteiger partial charge in [-0.3, -0.25) is 0 Å². The Morgan fingerprint density at radius 1 is 1.14 bits per heavy atom. The van der Waals surface area contributed by atoms with Crippen LogP contribution in [0.1, 0.15) is 17.2 Å². The molecule has 0 bridgehead atoms. The summed E-state index contributed by atoms with van der Waals surface area (Å²) in [6.07, 6.45) is 1.96. The number of sulfone groups is 1. The predicted molar refractivity (Wildman–Crippen MR) is 86.5 cm³/mol. The molecule has 0 amide bonds. The van der Waals surface area contributed by atoms with E-state index in [2.05, 4.69) is 5.32 Å². The van der Waals surface area contributed by atoms with Gasteiger partial charge in [0.2, 0.25) is 0 Å². The van der Waals surface area contributed by atoms with Gasteiger partial charge in [0.15, 0.2) is 9.84 Å². The third-order valence-electron chi connectivity index (χ3n) is 3.37. The summed E-state index contributed by atoms with van der Waals surface area (Å²) >= 11 is 6.00. The van der Waals surface area contributed by atoms with E-state index in [4.69, 9.17) is 11.6 Å². The molecule has 2 aromatic rings. The van der Waals surface area contributed by atoms with Gasteiger partial charge in [-0.15, -0.1) is 0 Å². The van der Waals surface area contributed by atoms with Crippen molar-refractivity contribution in [3.63, 3.8) is 0 Å². The molecule has 21 heavy (non-hydrogen) atoms. The van der Waals surface area contributed by atoms with E-state index in [1.807, 2.05) is 37.4 Å². The second-order valence-electron chi connectivity index (χ2n) is 5.02. The van der Waals surface area contributed by atoms with Gasteiger partial charge in [-0.25, -0.2) is 8.42 Å². The molecular formula is C16H18ClNO2S. The first-order chi connectivity index (χ1) is 9.90. The molecule has 0 saturated carbocycles. The van der Waals surface area contributed by atoms with Crippen molar-refractivity contribution in [3.8, 4) is 0 Å². The highest BCUT2D eigenvalue weighted by Gasteiger charge is 2.14. The predicted octanol–water partition coefficient (Wildman–Crippen LogP) is 3.25. The summed E-state index contributed by atoms with van der Waals surface area (Å²) in [4.78, 5) is 0.339. The lowest BCUT2D eigenvalue weighted by Crippen LogP contribution is -2.19. The van der Waals surface area contributed by atoms with E-state index < -0.39 is 9.84 Å². The molecule has 0 heterocycles. The van der Waals surface area contributed by atoms with Crippen LogP contribution in [0.25, 0.3) is 0 Å². The zero-order chi connectivity index (χ0) is 15.5. The summed E-state index contributed by atoms with van der Waals surface area (Å²) in [5.41, 5.74) is 2.05. The summed E-state index contributed by atoms with van der Waals surface area (Å²) in [6, 6.07) is 14.8.